The molecule has 0 saturated heterocycles. The quantitative estimate of drug-likeness (QED) is 0.198. The summed E-state index contributed by atoms with van der Waals surface area (Å²) in [6.07, 6.45) is 24.0. The Morgan fingerprint density at radius 3 is 1.00 bits per heavy atom. The molecule has 24 heavy (non-hydrogen) atoms. The Labute approximate surface area is 153 Å². The van der Waals surface area contributed by atoms with E-state index in [4.69, 9.17) is 0 Å². The summed E-state index contributed by atoms with van der Waals surface area (Å²) in [4.78, 5) is 0. The molecule has 0 heteroatoms. The second-order valence-electron chi connectivity index (χ2n) is 7.05. The third-order valence-electron chi connectivity index (χ3n) is 4.55. The van der Waals surface area contributed by atoms with Crippen LogP contribution in [-0.2, 0) is 0 Å². The Hall–Kier alpha value is -0.880. The summed E-state index contributed by atoms with van der Waals surface area (Å²) in [6.45, 7) is 4.55. The Kier molecular flexibility index (Phi) is 21.3. The maximum absolute atomic E-state index is 3.20. The molecule has 0 aromatic heterocycles. The molecule has 0 aromatic carbocycles. The third kappa shape index (κ3) is 21.1. The lowest BCUT2D eigenvalue weighted by Crippen LogP contribution is -1.80. The van der Waals surface area contributed by atoms with E-state index < -0.39 is 0 Å². The Bertz CT molecular complexity index is 308. The summed E-state index contributed by atoms with van der Waals surface area (Å²) in [5.41, 5.74) is 0. The van der Waals surface area contributed by atoms with Gasteiger partial charge in [0.1, 0.15) is 0 Å². The van der Waals surface area contributed by atoms with Crippen molar-refractivity contribution in [2.24, 2.45) is 0 Å². The highest BCUT2D eigenvalue weighted by Gasteiger charge is 1.91. The maximum atomic E-state index is 3.20. The second kappa shape index (κ2) is 22.1. The lowest BCUT2D eigenvalue weighted by Gasteiger charge is -1.99. The highest BCUT2D eigenvalue weighted by Crippen LogP contribution is 2.10. The second-order valence-corrected chi connectivity index (χ2v) is 7.05. The monoisotopic (exact) mass is 330 g/mol. The molecule has 0 saturated carbocycles. The molecule has 0 aliphatic heterocycles. The first-order valence-electron chi connectivity index (χ1n) is 10.9. The molecule has 0 nitrogen and oxygen atoms in total. The van der Waals surface area contributed by atoms with E-state index in [1.807, 2.05) is 0 Å². The van der Waals surface area contributed by atoms with E-state index in [0.717, 1.165) is 12.8 Å². The molecule has 0 aromatic rings. The molecule has 0 unspecified atom stereocenters. The lowest BCUT2D eigenvalue weighted by atomic mass is 10.1. The van der Waals surface area contributed by atoms with E-state index in [-0.39, 0.29) is 0 Å². The van der Waals surface area contributed by atoms with Gasteiger partial charge in [0.25, 0.3) is 0 Å². The standard InChI is InChI=1S/C24H42/c1-3-5-7-9-11-13-15-17-19-21-23-24-22-20-18-16-14-12-10-8-6-4-2/h3-20H2,1-2H3. The summed E-state index contributed by atoms with van der Waals surface area (Å²) in [6, 6.07) is 0. The van der Waals surface area contributed by atoms with Gasteiger partial charge in [-0.2, -0.15) is 0 Å². The van der Waals surface area contributed by atoms with Gasteiger partial charge in [-0.15, -0.1) is 0 Å². The fourth-order valence-electron chi connectivity index (χ4n) is 2.91. The van der Waals surface area contributed by atoms with Crippen LogP contribution in [0.5, 0.6) is 0 Å². The molecule has 0 fully saturated rings. The zero-order valence-corrected chi connectivity index (χ0v) is 16.7. The van der Waals surface area contributed by atoms with Crippen molar-refractivity contribution in [1.29, 1.82) is 0 Å². The first kappa shape index (κ1) is 23.1. The Morgan fingerprint density at radius 1 is 0.375 bits per heavy atom. The minimum absolute atomic E-state index is 1.03. The van der Waals surface area contributed by atoms with Crippen LogP contribution < -0.4 is 0 Å². The van der Waals surface area contributed by atoms with Crippen molar-refractivity contribution in [3.63, 3.8) is 0 Å². The predicted molar refractivity (Wildman–Crippen MR) is 110 cm³/mol. The van der Waals surface area contributed by atoms with Crippen LogP contribution in [0.1, 0.15) is 129 Å². The lowest BCUT2D eigenvalue weighted by molar-refractivity contribution is 0.579. The van der Waals surface area contributed by atoms with Gasteiger partial charge in [-0.05, 0) is 24.7 Å². The molecular formula is C24H42. The molecular weight excluding hydrogens is 288 g/mol. The minimum atomic E-state index is 1.03. The first-order chi connectivity index (χ1) is 11.9. The highest BCUT2D eigenvalue weighted by atomic mass is 14.0. The number of unbranched alkanes of at least 4 members (excludes halogenated alkanes) is 16. The molecule has 0 rings (SSSR count). The van der Waals surface area contributed by atoms with Crippen molar-refractivity contribution in [2.45, 2.75) is 129 Å². The van der Waals surface area contributed by atoms with Gasteiger partial charge in [0.15, 0.2) is 0 Å². The van der Waals surface area contributed by atoms with Gasteiger partial charge in [0.2, 0.25) is 0 Å². The average molecular weight is 331 g/mol. The molecule has 138 valence electrons. The smallest absolute Gasteiger partial charge is 0.00989 e. The van der Waals surface area contributed by atoms with Gasteiger partial charge in [0, 0.05) is 12.8 Å². The Morgan fingerprint density at radius 2 is 0.667 bits per heavy atom. The molecule has 0 N–H and O–H groups in total. The summed E-state index contributed by atoms with van der Waals surface area (Å²) in [7, 11) is 0. The fraction of sp³-hybridized carbons (Fsp3) is 0.833. The molecule has 0 atom stereocenters. The van der Waals surface area contributed by atoms with Crippen molar-refractivity contribution in [1.82, 2.24) is 0 Å². The summed E-state index contributed by atoms with van der Waals surface area (Å²) in [5, 5.41) is 0. The van der Waals surface area contributed by atoms with Crippen LogP contribution in [0.2, 0.25) is 0 Å². The van der Waals surface area contributed by atoms with Crippen molar-refractivity contribution in [2.75, 3.05) is 0 Å². The van der Waals surface area contributed by atoms with E-state index >= 15 is 0 Å². The van der Waals surface area contributed by atoms with Crippen LogP contribution in [-0.4, -0.2) is 0 Å². The van der Waals surface area contributed by atoms with Gasteiger partial charge in [-0.3, -0.25) is 0 Å². The average Bonchev–Trinajstić information content (AvgIpc) is 2.60. The topological polar surface area (TPSA) is 0 Å². The van der Waals surface area contributed by atoms with Crippen LogP contribution in [0, 0.1) is 23.7 Å². The Balaban J connectivity index is 3.23. The molecule has 0 heterocycles. The van der Waals surface area contributed by atoms with E-state index in [2.05, 4.69) is 37.5 Å². The van der Waals surface area contributed by atoms with Crippen LogP contribution in [0.4, 0.5) is 0 Å². The molecule has 0 bridgehead atoms. The van der Waals surface area contributed by atoms with E-state index in [1.165, 1.54) is 103 Å². The van der Waals surface area contributed by atoms with Gasteiger partial charge in [0.05, 0.1) is 0 Å². The van der Waals surface area contributed by atoms with Gasteiger partial charge in [-0.25, -0.2) is 0 Å². The van der Waals surface area contributed by atoms with Crippen LogP contribution in [0.25, 0.3) is 0 Å². The van der Waals surface area contributed by atoms with E-state index in [9.17, 15) is 0 Å². The van der Waals surface area contributed by atoms with Crippen LogP contribution in [0.15, 0.2) is 0 Å². The maximum Gasteiger partial charge on any atom is 0.00989 e. The molecule has 0 radical (unpaired) electrons. The normalized spacial score (nSPS) is 9.92. The number of hydrogen-bond donors (Lipinski definition) is 0. The van der Waals surface area contributed by atoms with Crippen molar-refractivity contribution in [3.05, 3.63) is 0 Å². The van der Waals surface area contributed by atoms with Crippen molar-refractivity contribution < 1.29 is 0 Å². The summed E-state index contributed by atoms with van der Waals surface area (Å²) < 4.78 is 0. The zero-order chi connectivity index (χ0) is 17.6. The highest BCUT2D eigenvalue weighted by molar-refractivity contribution is 5.25. The van der Waals surface area contributed by atoms with Gasteiger partial charge in [-0.1, -0.05) is 116 Å². The van der Waals surface area contributed by atoms with Gasteiger partial charge >= 0.3 is 0 Å². The van der Waals surface area contributed by atoms with Crippen LogP contribution >= 0.6 is 0 Å². The van der Waals surface area contributed by atoms with E-state index in [1.54, 1.807) is 0 Å². The first-order valence-corrected chi connectivity index (χ1v) is 10.9. The molecule has 0 aliphatic carbocycles. The SMILES string of the molecule is CCCCCCCCCCC#CC#CCCCCCCCCCC. The third-order valence-corrected chi connectivity index (χ3v) is 4.55. The minimum Gasteiger partial charge on any atom is -0.0891 e. The van der Waals surface area contributed by atoms with Gasteiger partial charge < -0.3 is 0 Å². The predicted octanol–water partition coefficient (Wildman–Crippen LogP) is 8.05. The van der Waals surface area contributed by atoms with E-state index in [0.29, 0.717) is 0 Å². The molecule has 0 amide bonds. The molecule has 0 spiro atoms. The number of rotatable bonds is 16. The summed E-state index contributed by atoms with van der Waals surface area (Å²) in [5.74, 6) is 12.4. The van der Waals surface area contributed by atoms with Crippen molar-refractivity contribution in [3.8, 4) is 23.7 Å². The fourth-order valence-corrected chi connectivity index (χ4v) is 2.91. The van der Waals surface area contributed by atoms with Crippen molar-refractivity contribution >= 4 is 0 Å². The summed E-state index contributed by atoms with van der Waals surface area (Å²) >= 11 is 0. The number of hydrogen-bond acceptors (Lipinski definition) is 0. The largest absolute Gasteiger partial charge is 0.0891 e. The molecule has 0 aliphatic rings. The zero-order valence-electron chi connectivity index (χ0n) is 16.7. The van der Waals surface area contributed by atoms with Crippen LogP contribution in [0.3, 0.4) is 0 Å².